The predicted molar refractivity (Wildman–Crippen MR) is 55.7 cm³/mol. The smallest absolute Gasteiger partial charge is 0.222 e. The van der Waals surface area contributed by atoms with Crippen molar-refractivity contribution in [1.29, 1.82) is 0 Å². The lowest BCUT2D eigenvalue weighted by Crippen LogP contribution is -1.89. The Balaban J connectivity index is 2.49. The molecule has 0 fully saturated rings. The summed E-state index contributed by atoms with van der Waals surface area (Å²) in [6.07, 6.45) is 5.39. The third kappa shape index (κ3) is 2.16. The number of hydrogen-bond acceptors (Lipinski definition) is 4. The zero-order valence-electron chi connectivity index (χ0n) is 7.59. The molecule has 2 heterocycles. The highest BCUT2D eigenvalue weighted by Gasteiger charge is 2.02. The van der Waals surface area contributed by atoms with E-state index in [1.165, 1.54) is 6.20 Å². The third-order valence-electron chi connectivity index (χ3n) is 1.82. The highest BCUT2D eigenvalue weighted by molar-refractivity contribution is 6.28. The minimum Gasteiger partial charge on any atom is -0.298 e. The van der Waals surface area contributed by atoms with Gasteiger partial charge in [0.15, 0.2) is 6.29 Å². The first kappa shape index (κ1) is 9.73. The molecule has 0 bridgehead atoms. The number of carbonyl (C=O) groups excluding carboxylic acids is 1. The maximum atomic E-state index is 10.6. The molecule has 2 aromatic heterocycles. The van der Waals surface area contributed by atoms with E-state index in [-0.39, 0.29) is 5.28 Å². The van der Waals surface area contributed by atoms with Crippen molar-refractivity contribution in [1.82, 2.24) is 15.0 Å². The standard InChI is InChI=1S/C10H6ClN3O/c11-10-13-2-1-9(14-10)8-3-7(6-15)4-12-5-8/h1-6H. The Bertz CT molecular complexity index is 502. The predicted octanol–water partition coefficient (Wildman–Crippen LogP) is 2.00. The fraction of sp³-hybridized carbons (Fsp3) is 0. The second-order valence-electron chi connectivity index (χ2n) is 2.84. The summed E-state index contributed by atoms with van der Waals surface area (Å²) >= 11 is 5.66. The maximum absolute atomic E-state index is 10.6. The molecular formula is C10H6ClN3O. The fourth-order valence-electron chi connectivity index (χ4n) is 1.16. The van der Waals surface area contributed by atoms with Gasteiger partial charge in [0.05, 0.1) is 5.69 Å². The van der Waals surface area contributed by atoms with E-state index < -0.39 is 0 Å². The summed E-state index contributed by atoms with van der Waals surface area (Å²) in [4.78, 5) is 22.3. The van der Waals surface area contributed by atoms with E-state index in [1.54, 1.807) is 24.5 Å². The Labute approximate surface area is 91.0 Å². The van der Waals surface area contributed by atoms with E-state index >= 15 is 0 Å². The van der Waals surface area contributed by atoms with E-state index in [9.17, 15) is 4.79 Å². The molecule has 4 nitrogen and oxygen atoms in total. The molecule has 0 aliphatic heterocycles. The Morgan fingerprint density at radius 2 is 2.20 bits per heavy atom. The molecular weight excluding hydrogens is 214 g/mol. The van der Waals surface area contributed by atoms with E-state index in [4.69, 9.17) is 11.6 Å². The summed E-state index contributed by atoms with van der Waals surface area (Å²) in [5.41, 5.74) is 1.89. The molecule has 15 heavy (non-hydrogen) atoms. The molecule has 0 aliphatic rings. The molecule has 0 radical (unpaired) electrons. The SMILES string of the molecule is O=Cc1cncc(-c2ccnc(Cl)n2)c1. The van der Waals surface area contributed by atoms with Crippen LogP contribution in [0.5, 0.6) is 0 Å². The topological polar surface area (TPSA) is 55.7 Å². The highest BCUT2D eigenvalue weighted by atomic mass is 35.5. The fourth-order valence-corrected chi connectivity index (χ4v) is 1.31. The molecule has 2 rings (SSSR count). The van der Waals surface area contributed by atoms with Crippen LogP contribution < -0.4 is 0 Å². The number of hydrogen-bond donors (Lipinski definition) is 0. The lowest BCUT2D eigenvalue weighted by Gasteiger charge is -2.00. The molecule has 0 spiro atoms. The van der Waals surface area contributed by atoms with E-state index in [0.29, 0.717) is 11.3 Å². The second-order valence-corrected chi connectivity index (χ2v) is 3.17. The lowest BCUT2D eigenvalue weighted by atomic mass is 10.1. The van der Waals surface area contributed by atoms with Gasteiger partial charge in [0, 0.05) is 29.7 Å². The van der Waals surface area contributed by atoms with Crippen LogP contribution >= 0.6 is 11.6 Å². The minimum absolute atomic E-state index is 0.170. The van der Waals surface area contributed by atoms with Crippen LogP contribution in [0.1, 0.15) is 10.4 Å². The summed E-state index contributed by atoms with van der Waals surface area (Å²) in [6, 6.07) is 3.40. The Hall–Kier alpha value is -1.81. The van der Waals surface area contributed by atoms with Crippen molar-refractivity contribution in [3.8, 4) is 11.3 Å². The van der Waals surface area contributed by atoms with Gasteiger partial charge in [0.2, 0.25) is 5.28 Å². The summed E-state index contributed by atoms with van der Waals surface area (Å²) in [5, 5.41) is 0.170. The highest BCUT2D eigenvalue weighted by Crippen LogP contribution is 2.17. The molecule has 0 saturated heterocycles. The summed E-state index contributed by atoms with van der Waals surface area (Å²) in [7, 11) is 0. The molecule has 0 N–H and O–H groups in total. The van der Waals surface area contributed by atoms with Gasteiger partial charge in [-0.15, -0.1) is 0 Å². The summed E-state index contributed by atoms with van der Waals surface area (Å²) in [5.74, 6) is 0. The van der Waals surface area contributed by atoms with Crippen LogP contribution in [0.4, 0.5) is 0 Å². The summed E-state index contributed by atoms with van der Waals surface area (Å²) < 4.78 is 0. The molecule has 74 valence electrons. The molecule has 0 aliphatic carbocycles. The van der Waals surface area contributed by atoms with Crippen molar-refractivity contribution in [2.45, 2.75) is 0 Å². The minimum atomic E-state index is 0.170. The Kier molecular flexibility index (Phi) is 2.69. The number of aromatic nitrogens is 3. The zero-order chi connectivity index (χ0) is 10.7. The molecule has 0 atom stereocenters. The number of halogens is 1. The van der Waals surface area contributed by atoms with E-state index in [0.717, 1.165) is 11.8 Å². The van der Waals surface area contributed by atoms with Crippen LogP contribution in [-0.2, 0) is 0 Å². The third-order valence-corrected chi connectivity index (χ3v) is 2.00. The largest absolute Gasteiger partial charge is 0.298 e. The quantitative estimate of drug-likeness (QED) is 0.573. The van der Waals surface area contributed by atoms with Crippen molar-refractivity contribution in [3.63, 3.8) is 0 Å². The number of carbonyl (C=O) groups is 1. The van der Waals surface area contributed by atoms with Crippen molar-refractivity contribution in [3.05, 3.63) is 41.6 Å². The maximum Gasteiger partial charge on any atom is 0.222 e. The van der Waals surface area contributed by atoms with Crippen molar-refractivity contribution >= 4 is 17.9 Å². The van der Waals surface area contributed by atoms with Gasteiger partial charge in [-0.25, -0.2) is 9.97 Å². The van der Waals surface area contributed by atoms with Crippen LogP contribution in [0.2, 0.25) is 5.28 Å². The van der Waals surface area contributed by atoms with Gasteiger partial charge in [-0.05, 0) is 23.7 Å². The molecule has 2 aromatic rings. The number of nitrogens with zero attached hydrogens (tertiary/aromatic N) is 3. The van der Waals surface area contributed by atoms with Crippen LogP contribution in [0.3, 0.4) is 0 Å². The molecule has 0 unspecified atom stereocenters. The molecule has 5 heteroatoms. The zero-order valence-corrected chi connectivity index (χ0v) is 8.35. The van der Waals surface area contributed by atoms with Crippen molar-refractivity contribution < 1.29 is 4.79 Å². The summed E-state index contributed by atoms with van der Waals surface area (Å²) in [6.45, 7) is 0. The monoisotopic (exact) mass is 219 g/mol. The Morgan fingerprint density at radius 3 is 2.93 bits per heavy atom. The second kappa shape index (κ2) is 4.14. The van der Waals surface area contributed by atoms with Gasteiger partial charge >= 0.3 is 0 Å². The van der Waals surface area contributed by atoms with Gasteiger partial charge in [0.1, 0.15) is 0 Å². The number of aldehydes is 1. The van der Waals surface area contributed by atoms with Crippen LogP contribution in [-0.4, -0.2) is 21.2 Å². The van der Waals surface area contributed by atoms with Crippen LogP contribution in [0, 0.1) is 0 Å². The van der Waals surface area contributed by atoms with Crippen molar-refractivity contribution in [2.75, 3.05) is 0 Å². The van der Waals surface area contributed by atoms with Crippen molar-refractivity contribution in [2.24, 2.45) is 0 Å². The first-order chi connectivity index (χ1) is 7.29. The first-order valence-electron chi connectivity index (χ1n) is 4.19. The van der Waals surface area contributed by atoms with E-state index in [2.05, 4.69) is 15.0 Å². The van der Waals surface area contributed by atoms with Gasteiger partial charge in [-0.3, -0.25) is 9.78 Å². The Morgan fingerprint density at radius 1 is 1.33 bits per heavy atom. The normalized spacial score (nSPS) is 9.93. The molecule has 0 saturated carbocycles. The average Bonchev–Trinajstić information content (AvgIpc) is 2.29. The number of pyridine rings is 1. The first-order valence-corrected chi connectivity index (χ1v) is 4.56. The van der Waals surface area contributed by atoms with E-state index in [1.807, 2.05) is 0 Å². The van der Waals surface area contributed by atoms with Gasteiger partial charge in [-0.2, -0.15) is 0 Å². The lowest BCUT2D eigenvalue weighted by molar-refractivity contribution is 0.112. The molecule has 0 amide bonds. The van der Waals surface area contributed by atoms with Crippen LogP contribution in [0.15, 0.2) is 30.7 Å². The van der Waals surface area contributed by atoms with Gasteiger partial charge < -0.3 is 0 Å². The van der Waals surface area contributed by atoms with Gasteiger partial charge in [0.25, 0.3) is 0 Å². The van der Waals surface area contributed by atoms with Crippen LogP contribution in [0.25, 0.3) is 11.3 Å². The van der Waals surface area contributed by atoms with Gasteiger partial charge in [-0.1, -0.05) is 0 Å². The molecule has 0 aromatic carbocycles. The average molecular weight is 220 g/mol. The number of rotatable bonds is 2.